The number of aromatic nitrogens is 2. The lowest BCUT2D eigenvalue weighted by Gasteiger charge is -2.19. The first-order valence-corrected chi connectivity index (χ1v) is 8.78. The molecule has 2 N–H and O–H groups in total. The number of nitrogens with one attached hydrogen (secondary N) is 2. The molecule has 0 spiro atoms. The van der Waals surface area contributed by atoms with Crippen molar-refractivity contribution in [2.45, 2.75) is 25.8 Å². The van der Waals surface area contributed by atoms with E-state index in [9.17, 15) is 9.59 Å². The highest BCUT2D eigenvalue weighted by Gasteiger charge is 2.22. The zero-order valence-electron chi connectivity index (χ0n) is 14.5. The van der Waals surface area contributed by atoms with Gasteiger partial charge in [-0.15, -0.1) is 0 Å². The molecule has 0 bridgehead atoms. The molecule has 1 aliphatic rings. The van der Waals surface area contributed by atoms with Gasteiger partial charge in [-0.2, -0.15) is 5.10 Å². The van der Waals surface area contributed by atoms with E-state index in [4.69, 9.17) is 0 Å². The Bertz CT molecular complexity index is 979. The second-order valence-electron chi connectivity index (χ2n) is 6.56. The predicted molar refractivity (Wildman–Crippen MR) is 100 cm³/mol. The Morgan fingerprint density at radius 2 is 2.08 bits per heavy atom. The highest BCUT2D eigenvalue weighted by molar-refractivity contribution is 6.04. The number of carbonyl (C=O) groups is 2. The summed E-state index contributed by atoms with van der Waals surface area (Å²) in [5.74, 6) is -0.0700. The first-order chi connectivity index (χ1) is 12.6. The molecule has 6 heteroatoms. The van der Waals surface area contributed by atoms with Crippen molar-refractivity contribution in [3.63, 3.8) is 0 Å². The lowest BCUT2D eigenvalue weighted by molar-refractivity contribution is -0.117. The summed E-state index contributed by atoms with van der Waals surface area (Å²) < 4.78 is 0. The van der Waals surface area contributed by atoms with Crippen LogP contribution in [0.2, 0.25) is 0 Å². The third kappa shape index (κ3) is 2.94. The number of benzene rings is 2. The van der Waals surface area contributed by atoms with Crippen molar-refractivity contribution in [3.8, 4) is 0 Å². The van der Waals surface area contributed by atoms with E-state index >= 15 is 0 Å². The van der Waals surface area contributed by atoms with E-state index in [1.807, 2.05) is 55.5 Å². The van der Waals surface area contributed by atoms with Gasteiger partial charge in [0.25, 0.3) is 5.91 Å². The highest BCUT2D eigenvalue weighted by Crippen LogP contribution is 2.25. The number of hydrogen-bond acceptors (Lipinski definition) is 3. The lowest BCUT2D eigenvalue weighted by Crippen LogP contribution is -2.28. The van der Waals surface area contributed by atoms with Crippen LogP contribution in [-0.4, -0.2) is 28.6 Å². The quantitative estimate of drug-likeness (QED) is 0.760. The second-order valence-corrected chi connectivity index (χ2v) is 6.56. The molecule has 0 unspecified atom stereocenters. The standard InChI is InChI=1S/C20H20N4O2/c1-13(14-6-4-7-15(12-14)24-11-5-10-18(24)25)21-20(26)19-16-8-2-3-9-17(16)22-23-19/h2-4,6-9,12-13H,5,10-11H2,1H3,(H,21,26)(H,22,23)/t13-/m1/s1. The minimum absolute atomic E-state index is 0.154. The van der Waals surface area contributed by atoms with E-state index in [1.165, 1.54) is 0 Å². The predicted octanol–water partition coefficient (Wildman–Crippen LogP) is 3.18. The fourth-order valence-electron chi connectivity index (χ4n) is 3.37. The van der Waals surface area contributed by atoms with Gasteiger partial charge in [0.15, 0.2) is 5.69 Å². The van der Waals surface area contributed by atoms with E-state index in [1.54, 1.807) is 4.90 Å². The Hall–Kier alpha value is -3.15. The zero-order chi connectivity index (χ0) is 18.1. The van der Waals surface area contributed by atoms with Crippen molar-refractivity contribution in [1.29, 1.82) is 0 Å². The Labute approximate surface area is 151 Å². The minimum Gasteiger partial charge on any atom is -0.344 e. The summed E-state index contributed by atoms with van der Waals surface area (Å²) >= 11 is 0. The SMILES string of the molecule is C[C@@H](NC(=O)c1n[nH]c2ccccc12)c1cccc(N2CCCC2=O)c1. The summed E-state index contributed by atoms with van der Waals surface area (Å²) in [6, 6.07) is 15.1. The molecule has 1 atom stereocenters. The number of anilines is 1. The summed E-state index contributed by atoms with van der Waals surface area (Å²) in [6.07, 6.45) is 1.49. The van der Waals surface area contributed by atoms with Crippen LogP contribution in [0.15, 0.2) is 48.5 Å². The number of carbonyl (C=O) groups excluding carboxylic acids is 2. The van der Waals surface area contributed by atoms with Crippen LogP contribution in [0.3, 0.4) is 0 Å². The van der Waals surface area contributed by atoms with E-state index in [0.717, 1.165) is 35.1 Å². The summed E-state index contributed by atoms with van der Waals surface area (Å²) in [7, 11) is 0. The molecule has 0 saturated carbocycles. The number of hydrogen-bond donors (Lipinski definition) is 2. The number of nitrogens with zero attached hydrogens (tertiary/aromatic N) is 2. The summed E-state index contributed by atoms with van der Waals surface area (Å²) in [6.45, 7) is 2.68. The maximum atomic E-state index is 12.6. The maximum Gasteiger partial charge on any atom is 0.272 e. The fraction of sp³-hybridized carbons (Fsp3) is 0.250. The van der Waals surface area contributed by atoms with Crippen molar-refractivity contribution in [3.05, 3.63) is 59.8 Å². The zero-order valence-corrected chi connectivity index (χ0v) is 14.5. The van der Waals surface area contributed by atoms with Crippen LogP contribution < -0.4 is 10.2 Å². The third-order valence-electron chi connectivity index (χ3n) is 4.79. The molecule has 0 radical (unpaired) electrons. The van der Waals surface area contributed by atoms with Gasteiger partial charge >= 0.3 is 0 Å². The largest absolute Gasteiger partial charge is 0.344 e. The van der Waals surface area contributed by atoms with Crippen molar-refractivity contribution >= 4 is 28.4 Å². The normalized spacial score (nSPS) is 15.4. The molecule has 0 aliphatic carbocycles. The maximum absolute atomic E-state index is 12.6. The average molecular weight is 348 g/mol. The molecule has 1 aromatic heterocycles. The Balaban J connectivity index is 1.53. The number of fused-ring (bicyclic) bond motifs is 1. The van der Waals surface area contributed by atoms with E-state index < -0.39 is 0 Å². The smallest absolute Gasteiger partial charge is 0.272 e. The number of rotatable bonds is 4. The molecule has 2 aromatic carbocycles. The second kappa shape index (κ2) is 6.63. The molecule has 1 saturated heterocycles. The van der Waals surface area contributed by atoms with Crippen LogP contribution in [0.25, 0.3) is 10.9 Å². The van der Waals surface area contributed by atoms with Crippen molar-refractivity contribution in [2.75, 3.05) is 11.4 Å². The van der Waals surface area contributed by atoms with Gasteiger partial charge in [-0.25, -0.2) is 0 Å². The van der Waals surface area contributed by atoms with Crippen LogP contribution in [0.5, 0.6) is 0 Å². The molecular weight excluding hydrogens is 328 g/mol. The van der Waals surface area contributed by atoms with Crippen LogP contribution in [0.1, 0.15) is 41.9 Å². The van der Waals surface area contributed by atoms with Crippen molar-refractivity contribution in [2.24, 2.45) is 0 Å². The number of aromatic amines is 1. The van der Waals surface area contributed by atoms with Gasteiger partial charge in [0, 0.05) is 24.0 Å². The first-order valence-electron chi connectivity index (χ1n) is 8.78. The minimum atomic E-state index is -0.224. The van der Waals surface area contributed by atoms with Gasteiger partial charge in [-0.05, 0) is 37.1 Å². The number of para-hydroxylation sites is 1. The topological polar surface area (TPSA) is 78.1 Å². The summed E-state index contributed by atoms with van der Waals surface area (Å²) in [5, 5.41) is 10.8. The highest BCUT2D eigenvalue weighted by atomic mass is 16.2. The first kappa shape index (κ1) is 16.3. The molecule has 26 heavy (non-hydrogen) atoms. The third-order valence-corrected chi connectivity index (χ3v) is 4.79. The molecule has 4 rings (SSSR count). The molecule has 1 aliphatic heterocycles. The Morgan fingerprint density at radius 3 is 2.88 bits per heavy atom. The lowest BCUT2D eigenvalue weighted by atomic mass is 10.1. The van der Waals surface area contributed by atoms with Gasteiger partial charge in [0.2, 0.25) is 5.91 Å². The van der Waals surface area contributed by atoms with Gasteiger partial charge in [0.05, 0.1) is 11.6 Å². The van der Waals surface area contributed by atoms with Gasteiger partial charge < -0.3 is 10.2 Å². The van der Waals surface area contributed by atoms with Crippen LogP contribution >= 0.6 is 0 Å². The van der Waals surface area contributed by atoms with E-state index in [2.05, 4.69) is 15.5 Å². The Kier molecular flexibility index (Phi) is 4.16. The van der Waals surface area contributed by atoms with E-state index in [0.29, 0.717) is 12.1 Å². The van der Waals surface area contributed by atoms with E-state index in [-0.39, 0.29) is 17.9 Å². The van der Waals surface area contributed by atoms with Gasteiger partial charge in [-0.3, -0.25) is 14.7 Å². The number of H-pyrrole nitrogens is 1. The monoisotopic (exact) mass is 348 g/mol. The van der Waals surface area contributed by atoms with Crippen molar-refractivity contribution < 1.29 is 9.59 Å². The molecule has 2 heterocycles. The van der Waals surface area contributed by atoms with Crippen LogP contribution in [0, 0.1) is 0 Å². The Morgan fingerprint density at radius 1 is 1.23 bits per heavy atom. The van der Waals surface area contributed by atoms with Gasteiger partial charge in [0.1, 0.15) is 0 Å². The van der Waals surface area contributed by atoms with Crippen LogP contribution in [-0.2, 0) is 4.79 Å². The summed E-state index contributed by atoms with van der Waals surface area (Å²) in [5.41, 5.74) is 3.06. The molecule has 2 amide bonds. The average Bonchev–Trinajstić information content (AvgIpc) is 3.28. The molecule has 132 valence electrons. The molecule has 3 aromatic rings. The molecular formula is C20H20N4O2. The van der Waals surface area contributed by atoms with Crippen LogP contribution in [0.4, 0.5) is 5.69 Å². The number of amides is 2. The summed E-state index contributed by atoms with van der Waals surface area (Å²) in [4.78, 5) is 26.4. The van der Waals surface area contributed by atoms with Crippen molar-refractivity contribution in [1.82, 2.24) is 15.5 Å². The van der Waals surface area contributed by atoms with Gasteiger partial charge in [-0.1, -0.05) is 30.3 Å². The molecule has 6 nitrogen and oxygen atoms in total. The fourth-order valence-corrected chi connectivity index (χ4v) is 3.37. The molecule has 1 fully saturated rings.